The van der Waals surface area contributed by atoms with Crippen molar-refractivity contribution in [1.29, 1.82) is 0 Å². The van der Waals surface area contributed by atoms with Crippen LogP contribution in [-0.2, 0) is 6.54 Å². The van der Waals surface area contributed by atoms with Crippen molar-refractivity contribution >= 4 is 28.2 Å². The zero-order valence-electron chi connectivity index (χ0n) is 13.0. The van der Waals surface area contributed by atoms with Gasteiger partial charge in [-0.3, -0.25) is 9.30 Å². The van der Waals surface area contributed by atoms with Crippen LogP contribution >= 0.6 is 0 Å². The molecule has 0 aliphatic carbocycles. The molecule has 0 atom stereocenters. The van der Waals surface area contributed by atoms with Gasteiger partial charge in [-0.2, -0.15) is 0 Å². The first-order chi connectivity index (χ1) is 11.7. The smallest absolute Gasteiger partial charge is 0.128 e. The van der Waals surface area contributed by atoms with Crippen molar-refractivity contribution in [2.75, 3.05) is 24.8 Å². The van der Waals surface area contributed by atoms with Gasteiger partial charge in [0, 0.05) is 18.5 Å². The van der Waals surface area contributed by atoms with E-state index >= 15 is 0 Å². The van der Waals surface area contributed by atoms with Gasteiger partial charge in [-0.25, -0.2) is 14.5 Å². The quantitative estimate of drug-likeness (QED) is 0.675. The third-order valence-corrected chi connectivity index (χ3v) is 4.77. The fourth-order valence-corrected chi connectivity index (χ4v) is 3.64. The summed E-state index contributed by atoms with van der Waals surface area (Å²) in [6, 6.07) is 9.96. The van der Waals surface area contributed by atoms with Crippen LogP contribution in [0.4, 0.5) is 14.6 Å². The Morgan fingerprint density at radius 2 is 2.00 bits per heavy atom. The summed E-state index contributed by atoms with van der Waals surface area (Å²) < 4.78 is 29.6. The topological polar surface area (TPSA) is 23.8 Å². The lowest BCUT2D eigenvalue weighted by Gasteiger charge is -2.34. The highest BCUT2D eigenvalue weighted by molar-refractivity contribution is 5.94. The lowest BCUT2D eigenvalue weighted by atomic mass is 10.2. The second kappa shape index (κ2) is 5.01. The van der Waals surface area contributed by atoms with Crippen molar-refractivity contribution in [2.45, 2.75) is 12.7 Å². The fraction of sp³-hybridized carbons (Fsp3) is 0.278. The molecule has 0 amide bonds. The number of para-hydroxylation sites is 1. The molecular weight excluding hydrogens is 310 g/mol. The number of alkyl halides is 1. The van der Waals surface area contributed by atoms with E-state index in [0.29, 0.717) is 31.0 Å². The maximum Gasteiger partial charge on any atom is 0.128 e. The lowest BCUT2D eigenvalue weighted by Crippen LogP contribution is -2.47. The molecule has 4 heterocycles. The van der Waals surface area contributed by atoms with Crippen LogP contribution in [0.2, 0.25) is 0 Å². The van der Waals surface area contributed by atoms with E-state index in [1.165, 1.54) is 0 Å². The highest BCUT2D eigenvalue weighted by Gasteiger charge is 2.29. The number of aromatic nitrogens is 2. The molecule has 1 saturated heterocycles. The van der Waals surface area contributed by atoms with E-state index in [4.69, 9.17) is 4.98 Å². The fourth-order valence-electron chi connectivity index (χ4n) is 3.64. The first-order valence-electron chi connectivity index (χ1n) is 8.10. The molecule has 0 bridgehead atoms. The summed E-state index contributed by atoms with van der Waals surface area (Å²) >= 11 is 0. The monoisotopic (exact) mass is 326 g/mol. The minimum Gasteiger partial charge on any atom is -0.294 e. The minimum atomic E-state index is -0.749. The standard InChI is InChI=1S/C18H16F2N4/c19-13-9-22(10-13)11-17-21-14-5-3-7-23(20)18(14)16-8-12-4-1-2-6-15(12)24(16)17/h1-6,8,13H,7,9-11H2. The van der Waals surface area contributed by atoms with E-state index in [1.807, 2.05) is 45.7 Å². The van der Waals surface area contributed by atoms with Crippen molar-refractivity contribution in [1.82, 2.24) is 14.3 Å². The Kier molecular flexibility index (Phi) is 2.91. The third-order valence-electron chi connectivity index (χ3n) is 4.77. The highest BCUT2D eigenvalue weighted by atomic mass is 19.2. The molecule has 5 rings (SSSR count). The number of hydrogen-bond donors (Lipinski definition) is 0. The Bertz CT molecular complexity index is 972. The summed E-state index contributed by atoms with van der Waals surface area (Å²) in [5, 5.41) is 1.78. The Morgan fingerprint density at radius 1 is 1.17 bits per heavy atom. The van der Waals surface area contributed by atoms with Crippen LogP contribution in [0.1, 0.15) is 11.5 Å². The van der Waals surface area contributed by atoms with Gasteiger partial charge in [0.25, 0.3) is 0 Å². The average molecular weight is 326 g/mol. The second-order valence-electron chi connectivity index (χ2n) is 6.42. The van der Waals surface area contributed by atoms with Gasteiger partial charge in [0.2, 0.25) is 0 Å². The molecule has 2 aromatic heterocycles. The van der Waals surface area contributed by atoms with Crippen LogP contribution in [-0.4, -0.2) is 40.1 Å². The second-order valence-corrected chi connectivity index (χ2v) is 6.42. The summed E-state index contributed by atoms with van der Waals surface area (Å²) in [5.41, 5.74) is 2.94. The maximum atomic E-state index is 14.4. The summed E-state index contributed by atoms with van der Waals surface area (Å²) in [4.78, 5) is 6.71. The number of anilines is 1. The van der Waals surface area contributed by atoms with E-state index in [9.17, 15) is 8.87 Å². The molecule has 1 fully saturated rings. The molecule has 0 spiro atoms. The Labute approximate surface area is 137 Å². The Hall–Kier alpha value is -2.47. The van der Waals surface area contributed by atoms with Gasteiger partial charge in [-0.15, -0.1) is 0 Å². The van der Waals surface area contributed by atoms with Crippen molar-refractivity contribution in [3.63, 3.8) is 0 Å². The van der Waals surface area contributed by atoms with Crippen molar-refractivity contribution in [3.05, 3.63) is 47.9 Å². The molecule has 2 aliphatic heterocycles. The highest BCUT2D eigenvalue weighted by Crippen LogP contribution is 2.35. The number of halogens is 2. The van der Waals surface area contributed by atoms with Crippen molar-refractivity contribution in [3.8, 4) is 0 Å². The van der Waals surface area contributed by atoms with E-state index in [-0.39, 0.29) is 6.54 Å². The predicted octanol–water partition coefficient (Wildman–Crippen LogP) is 3.36. The first-order valence-corrected chi connectivity index (χ1v) is 8.10. The number of likely N-dealkylation sites (tertiary alicyclic amines) is 1. The van der Waals surface area contributed by atoms with Gasteiger partial charge in [0.15, 0.2) is 0 Å². The summed E-state index contributed by atoms with van der Waals surface area (Å²) in [5.74, 6) is 0.816. The SMILES string of the molecule is FC1CN(Cc2nc3c(c4cc5ccccc5n24)N(F)CC=C3)C1. The molecule has 2 aliphatic rings. The molecule has 0 radical (unpaired) electrons. The van der Waals surface area contributed by atoms with Crippen LogP contribution < -0.4 is 5.12 Å². The largest absolute Gasteiger partial charge is 0.294 e. The molecular formula is C18H16F2N4. The van der Waals surface area contributed by atoms with Crippen LogP contribution in [0.3, 0.4) is 0 Å². The summed E-state index contributed by atoms with van der Waals surface area (Å²) in [6.45, 7) is 1.65. The van der Waals surface area contributed by atoms with Gasteiger partial charge in [0.05, 0.1) is 29.8 Å². The number of benzene rings is 1. The zero-order valence-corrected chi connectivity index (χ0v) is 13.0. The molecule has 122 valence electrons. The molecule has 3 aromatic rings. The minimum absolute atomic E-state index is 0.223. The van der Waals surface area contributed by atoms with Crippen molar-refractivity contribution < 1.29 is 8.87 Å². The average Bonchev–Trinajstić information content (AvgIpc) is 2.93. The van der Waals surface area contributed by atoms with Gasteiger partial charge in [-0.1, -0.05) is 28.8 Å². The third kappa shape index (κ3) is 1.96. The maximum absolute atomic E-state index is 14.4. The Morgan fingerprint density at radius 3 is 2.83 bits per heavy atom. The molecule has 0 N–H and O–H groups in total. The van der Waals surface area contributed by atoms with Crippen LogP contribution in [0.15, 0.2) is 36.4 Å². The van der Waals surface area contributed by atoms with Crippen LogP contribution in [0, 0.1) is 0 Å². The van der Waals surface area contributed by atoms with Crippen LogP contribution in [0.25, 0.3) is 22.5 Å². The molecule has 24 heavy (non-hydrogen) atoms. The molecule has 0 unspecified atom stereocenters. The van der Waals surface area contributed by atoms with Gasteiger partial charge in [-0.05, 0) is 18.2 Å². The van der Waals surface area contributed by atoms with Gasteiger partial charge in [0.1, 0.15) is 17.7 Å². The van der Waals surface area contributed by atoms with Gasteiger partial charge >= 0.3 is 0 Å². The predicted molar refractivity (Wildman–Crippen MR) is 90.4 cm³/mol. The number of nitrogens with zero attached hydrogens (tertiary/aromatic N) is 4. The van der Waals surface area contributed by atoms with Crippen molar-refractivity contribution in [2.24, 2.45) is 0 Å². The van der Waals surface area contributed by atoms with E-state index in [1.54, 1.807) is 6.08 Å². The number of hydrogen-bond acceptors (Lipinski definition) is 3. The van der Waals surface area contributed by atoms with Gasteiger partial charge < -0.3 is 0 Å². The molecule has 0 saturated carbocycles. The van der Waals surface area contributed by atoms with E-state index in [2.05, 4.69) is 0 Å². The summed E-state index contributed by atoms with van der Waals surface area (Å²) in [6.07, 6.45) is 2.88. The van der Waals surface area contributed by atoms with E-state index < -0.39 is 6.17 Å². The molecule has 6 heteroatoms. The van der Waals surface area contributed by atoms with Crippen LogP contribution in [0.5, 0.6) is 0 Å². The normalized spacial score (nSPS) is 18.3. The molecule has 4 nitrogen and oxygen atoms in total. The van der Waals surface area contributed by atoms with E-state index in [0.717, 1.165) is 27.4 Å². The molecule has 1 aromatic carbocycles. The number of rotatable bonds is 2. The lowest BCUT2D eigenvalue weighted by molar-refractivity contribution is 0.0566. The Balaban J connectivity index is 1.78. The number of fused-ring (bicyclic) bond motifs is 5. The zero-order chi connectivity index (χ0) is 16.3. The summed E-state index contributed by atoms with van der Waals surface area (Å²) in [7, 11) is 0. The first kappa shape index (κ1) is 13.9.